The Kier molecular flexibility index (Phi) is 7.20. The first-order chi connectivity index (χ1) is 5.46. The molecule has 4 heteroatoms. The van der Waals surface area contributed by atoms with E-state index in [2.05, 4.69) is 14.4 Å². The monoisotopic (exact) mass is 170 g/mol. The van der Waals surface area contributed by atoms with Crippen LogP contribution in [-0.2, 0) is 0 Å². The highest BCUT2D eigenvalue weighted by molar-refractivity contribution is 5.73. The molecule has 0 N–H and O–H groups in total. The summed E-state index contributed by atoms with van der Waals surface area (Å²) in [7, 11) is 12.2. The molecule has 0 aliphatic rings. The van der Waals surface area contributed by atoms with E-state index in [4.69, 9.17) is 11.8 Å². The maximum atomic E-state index is 6.25. The lowest BCUT2D eigenvalue weighted by molar-refractivity contribution is -0.475. The number of nitrogens with zero attached hydrogens (tertiary/aromatic N) is 4. The average molecular weight is 170 g/mol. The van der Waals surface area contributed by atoms with Gasteiger partial charge in [-0.3, -0.25) is 14.4 Å². The summed E-state index contributed by atoms with van der Waals surface area (Å²) in [5, 5.41) is 6.25. The molecule has 0 bridgehead atoms. The molecule has 0 fully saturated rings. The summed E-state index contributed by atoms with van der Waals surface area (Å²) in [5.41, 5.74) is 0. The highest BCUT2D eigenvalue weighted by Gasteiger charge is 2.12. The van der Waals surface area contributed by atoms with Crippen LogP contribution in [0.25, 0.3) is 0 Å². The van der Waals surface area contributed by atoms with E-state index in [-0.39, 0.29) is 0 Å². The normalized spacial score (nSPS) is 7.67. The SMILES string of the molecule is CN(C)C(N(C)C)=[N+](C)C.[C-]#N. The summed E-state index contributed by atoms with van der Waals surface area (Å²) in [6, 6.07) is 0. The average Bonchev–Trinajstić information content (AvgIpc) is 1.88. The van der Waals surface area contributed by atoms with Crippen molar-refractivity contribution in [1.82, 2.24) is 9.80 Å². The van der Waals surface area contributed by atoms with Crippen LogP contribution in [0, 0.1) is 11.8 Å². The van der Waals surface area contributed by atoms with E-state index in [1.54, 1.807) is 0 Å². The van der Waals surface area contributed by atoms with E-state index >= 15 is 0 Å². The molecular weight excluding hydrogens is 152 g/mol. The first kappa shape index (κ1) is 13.4. The van der Waals surface area contributed by atoms with Gasteiger partial charge in [0.15, 0.2) is 0 Å². The van der Waals surface area contributed by atoms with Crippen molar-refractivity contribution in [1.29, 1.82) is 5.26 Å². The second kappa shape index (κ2) is 6.47. The van der Waals surface area contributed by atoms with E-state index in [1.807, 2.05) is 42.3 Å². The quantitative estimate of drug-likeness (QED) is 0.219. The summed E-state index contributed by atoms with van der Waals surface area (Å²) >= 11 is 0. The van der Waals surface area contributed by atoms with Gasteiger partial charge in [0.25, 0.3) is 0 Å². The molecule has 0 radical (unpaired) electrons. The van der Waals surface area contributed by atoms with Gasteiger partial charge >= 0.3 is 5.96 Å². The van der Waals surface area contributed by atoms with Crippen LogP contribution in [0.5, 0.6) is 0 Å². The minimum absolute atomic E-state index is 1.19. The Bertz CT molecular complexity index is 153. The number of hydrogen-bond acceptors (Lipinski definition) is 1. The molecule has 0 atom stereocenters. The van der Waals surface area contributed by atoms with E-state index in [1.165, 1.54) is 5.96 Å². The van der Waals surface area contributed by atoms with E-state index in [0.29, 0.717) is 0 Å². The van der Waals surface area contributed by atoms with Crippen molar-refractivity contribution in [3.8, 4) is 0 Å². The maximum absolute atomic E-state index is 6.25. The Morgan fingerprint density at radius 3 is 1.25 bits per heavy atom. The predicted octanol–water partition coefficient (Wildman–Crippen LogP) is -0.166. The third-order valence-corrected chi connectivity index (χ3v) is 1.20. The van der Waals surface area contributed by atoms with Crippen molar-refractivity contribution < 1.29 is 4.58 Å². The maximum Gasteiger partial charge on any atom is 0.349 e. The molecule has 0 amide bonds. The molecular formula is C8H18N4. The molecule has 0 aliphatic heterocycles. The summed E-state index contributed by atoms with van der Waals surface area (Å²) in [5.74, 6) is 1.19. The Balaban J connectivity index is 0. The molecule has 0 aromatic carbocycles. The fourth-order valence-corrected chi connectivity index (χ4v) is 1.20. The third kappa shape index (κ3) is 4.56. The smallest absolute Gasteiger partial charge is 0.349 e. The first-order valence-corrected chi connectivity index (χ1v) is 3.58. The lowest BCUT2D eigenvalue weighted by atomic mass is 10.7. The van der Waals surface area contributed by atoms with Crippen molar-refractivity contribution in [2.45, 2.75) is 0 Å². The highest BCUT2D eigenvalue weighted by Crippen LogP contribution is 1.84. The van der Waals surface area contributed by atoms with E-state index in [0.717, 1.165) is 0 Å². The van der Waals surface area contributed by atoms with Gasteiger partial charge in [0.1, 0.15) is 0 Å². The fraction of sp³-hybridized carbons (Fsp3) is 0.750. The third-order valence-electron chi connectivity index (χ3n) is 1.20. The van der Waals surface area contributed by atoms with Gasteiger partial charge in [0, 0.05) is 0 Å². The first-order valence-electron chi connectivity index (χ1n) is 3.58. The van der Waals surface area contributed by atoms with Gasteiger partial charge < -0.3 is 11.8 Å². The molecule has 0 aromatic heterocycles. The predicted molar refractivity (Wildman–Crippen MR) is 49.5 cm³/mol. The van der Waals surface area contributed by atoms with Gasteiger partial charge in [0.2, 0.25) is 0 Å². The van der Waals surface area contributed by atoms with Crippen LogP contribution in [0.15, 0.2) is 0 Å². The van der Waals surface area contributed by atoms with Crippen LogP contribution in [-0.4, -0.2) is 62.6 Å². The van der Waals surface area contributed by atoms with Crippen LogP contribution < -0.4 is 0 Å². The van der Waals surface area contributed by atoms with Crippen LogP contribution in [0.1, 0.15) is 0 Å². The molecule has 0 saturated heterocycles. The molecule has 0 rings (SSSR count). The topological polar surface area (TPSA) is 33.3 Å². The van der Waals surface area contributed by atoms with Crippen molar-refractivity contribution in [3.05, 3.63) is 6.57 Å². The second-order valence-electron chi connectivity index (χ2n) is 2.98. The molecule has 0 heterocycles. The summed E-state index contributed by atoms with van der Waals surface area (Å²) in [4.78, 5) is 4.17. The van der Waals surface area contributed by atoms with Gasteiger partial charge in [-0.2, -0.15) is 0 Å². The van der Waals surface area contributed by atoms with E-state index in [9.17, 15) is 0 Å². The zero-order valence-corrected chi connectivity index (χ0v) is 8.79. The lowest BCUT2D eigenvalue weighted by Crippen LogP contribution is -2.40. The molecule has 12 heavy (non-hydrogen) atoms. The number of rotatable bonds is 0. The Morgan fingerprint density at radius 2 is 1.25 bits per heavy atom. The largest absolute Gasteiger partial charge is 0.512 e. The van der Waals surface area contributed by atoms with Gasteiger partial charge in [-0.1, -0.05) is 0 Å². The van der Waals surface area contributed by atoms with Crippen molar-refractivity contribution in [2.24, 2.45) is 0 Å². The van der Waals surface area contributed by atoms with Crippen LogP contribution in [0.4, 0.5) is 0 Å². The Labute approximate surface area is 75.3 Å². The Morgan fingerprint density at radius 1 is 1.00 bits per heavy atom. The number of guanidine groups is 1. The zero-order chi connectivity index (χ0) is 10.3. The van der Waals surface area contributed by atoms with Crippen LogP contribution in [0.3, 0.4) is 0 Å². The fourth-order valence-electron chi connectivity index (χ4n) is 1.20. The second-order valence-corrected chi connectivity index (χ2v) is 2.98. The Hall–Kier alpha value is -1.24. The van der Waals surface area contributed by atoms with Crippen molar-refractivity contribution in [3.63, 3.8) is 0 Å². The zero-order valence-electron chi connectivity index (χ0n) is 8.79. The summed E-state index contributed by atoms with van der Waals surface area (Å²) in [6.07, 6.45) is 0. The van der Waals surface area contributed by atoms with Gasteiger partial charge in [0.05, 0.1) is 42.3 Å². The highest BCUT2D eigenvalue weighted by atomic mass is 15.4. The minimum Gasteiger partial charge on any atom is -0.512 e. The lowest BCUT2D eigenvalue weighted by Gasteiger charge is -2.16. The molecule has 4 nitrogen and oxygen atoms in total. The minimum atomic E-state index is 1.19. The standard InChI is InChI=1S/C7H18N3.CN/c1-8(2)7(9(3)4)10(5)6;1-2/h1-6H3;/q+1;-1. The van der Waals surface area contributed by atoms with Crippen molar-refractivity contribution in [2.75, 3.05) is 42.3 Å². The summed E-state index contributed by atoms with van der Waals surface area (Å²) < 4.78 is 2.08. The molecule has 0 spiro atoms. The number of hydrogen-bond donors (Lipinski definition) is 0. The molecule has 0 aromatic rings. The molecule has 0 saturated carbocycles. The van der Waals surface area contributed by atoms with Crippen molar-refractivity contribution >= 4 is 5.96 Å². The summed E-state index contributed by atoms with van der Waals surface area (Å²) in [6.45, 7) is 4.75. The van der Waals surface area contributed by atoms with Gasteiger partial charge in [-0.15, -0.1) is 0 Å². The molecule has 0 unspecified atom stereocenters. The van der Waals surface area contributed by atoms with Gasteiger partial charge in [-0.05, 0) is 0 Å². The molecule has 70 valence electrons. The van der Waals surface area contributed by atoms with Crippen LogP contribution >= 0.6 is 0 Å². The van der Waals surface area contributed by atoms with Crippen LogP contribution in [0.2, 0.25) is 0 Å². The van der Waals surface area contributed by atoms with Gasteiger partial charge in [-0.25, -0.2) is 0 Å². The molecule has 0 aliphatic carbocycles. The van der Waals surface area contributed by atoms with E-state index < -0.39 is 0 Å².